The Bertz CT molecular complexity index is 770. The summed E-state index contributed by atoms with van der Waals surface area (Å²) in [5.41, 5.74) is 1.52. The molecule has 4 nitrogen and oxygen atoms in total. The summed E-state index contributed by atoms with van der Waals surface area (Å²) < 4.78 is 0. The van der Waals surface area contributed by atoms with E-state index >= 15 is 0 Å². The number of imide groups is 1. The Labute approximate surface area is 143 Å². The van der Waals surface area contributed by atoms with Crippen LogP contribution in [0.25, 0.3) is 0 Å². The number of benzene rings is 2. The van der Waals surface area contributed by atoms with Crippen LogP contribution in [0.15, 0.2) is 53.6 Å². The second-order valence-electron chi connectivity index (χ2n) is 5.15. The fourth-order valence-corrected chi connectivity index (χ4v) is 2.62. The smallest absolute Gasteiger partial charge is 0.257 e. The van der Waals surface area contributed by atoms with Crippen molar-refractivity contribution in [2.75, 3.05) is 0 Å². The molecule has 1 aliphatic rings. The van der Waals surface area contributed by atoms with Crippen molar-refractivity contribution in [2.45, 2.75) is 12.3 Å². The zero-order valence-electron chi connectivity index (χ0n) is 11.9. The minimum absolute atomic E-state index is 0.110. The monoisotopic (exact) mass is 346 g/mol. The van der Waals surface area contributed by atoms with Gasteiger partial charge in [0.15, 0.2) is 0 Å². The van der Waals surface area contributed by atoms with E-state index in [0.29, 0.717) is 10.0 Å². The first-order valence-electron chi connectivity index (χ1n) is 6.96. The lowest BCUT2D eigenvalue weighted by molar-refractivity contribution is -0.138. The van der Waals surface area contributed by atoms with Gasteiger partial charge in [-0.2, -0.15) is 10.1 Å². The molecule has 6 heteroatoms. The lowest BCUT2D eigenvalue weighted by Gasteiger charge is -2.09. The van der Waals surface area contributed by atoms with Crippen molar-refractivity contribution in [1.29, 1.82) is 0 Å². The van der Waals surface area contributed by atoms with Crippen molar-refractivity contribution >= 4 is 41.2 Å². The molecule has 1 heterocycles. The van der Waals surface area contributed by atoms with E-state index in [1.165, 1.54) is 6.21 Å². The third kappa shape index (κ3) is 3.44. The standard InChI is InChI=1S/C17H12Cl2N2O2/c18-13-5-1-11(2-6-13)10-20-21-16(22)9-15(17(21)23)12-3-7-14(19)8-4-12/h1-8,10,15H,9H2/b20-10+. The Hall–Kier alpha value is -2.17. The number of amides is 2. The Morgan fingerprint density at radius 2 is 1.52 bits per heavy atom. The second kappa shape index (κ2) is 6.52. The topological polar surface area (TPSA) is 49.7 Å². The fraction of sp³-hybridized carbons (Fsp3) is 0.118. The van der Waals surface area contributed by atoms with Crippen molar-refractivity contribution in [3.05, 3.63) is 69.7 Å². The van der Waals surface area contributed by atoms with Gasteiger partial charge in [0.1, 0.15) is 0 Å². The maximum Gasteiger partial charge on any atom is 0.257 e. The van der Waals surface area contributed by atoms with Crippen molar-refractivity contribution < 1.29 is 9.59 Å². The highest BCUT2D eigenvalue weighted by Gasteiger charge is 2.39. The SMILES string of the molecule is O=C1CC(c2ccc(Cl)cc2)C(=O)N1/N=C/c1ccc(Cl)cc1. The van der Waals surface area contributed by atoms with Gasteiger partial charge >= 0.3 is 0 Å². The molecule has 0 aliphatic carbocycles. The molecule has 0 aromatic heterocycles. The van der Waals surface area contributed by atoms with Gasteiger partial charge in [0, 0.05) is 16.5 Å². The molecule has 1 unspecified atom stereocenters. The number of halogens is 2. The summed E-state index contributed by atoms with van der Waals surface area (Å²) in [6.45, 7) is 0. The first-order valence-corrected chi connectivity index (χ1v) is 7.72. The average Bonchev–Trinajstić information content (AvgIpc) is 2.82. The Balaban J connectivity index is 1.78. The zero-order chi connectivity index (χ0) is 16.4. The van der Waals surface area contributed by atoms with Crippen LogP contribution in [-0.4, -0.2) is 23.0 Å². The van der Waals surface area contributed by atoms with Crippen LogP contribution in [0.3, 0.4) is 0 Å². The third-order valence-corrected chi connectivity index (χ3v) is 4.09. The van der Waals surface area contributed by atoms with Gasteiger partial charge in [-0.05, 0) is 35.4 Å². The lowest BCUT2D eigenvalue weighted by atomic mass is 9.98. The Morgan fingerprint density at radius 3 is 2.13 bits per heavy atom. The molecule has 1 aliphatic heterocycles. The molecule has 0 spiro atoms. The van der Waals surface area contributed by atoms with Crippen LogP contribution in [0, 0.1) is 0 Å². The fourth-order valence-electron chi connectivity index (χ4n) is 2.37. The molecule has 116 valence electrons. The van der Waals surface area contributed by atoms with E-state index in [9.17, 15) is 9.59 Å². The van der Waals surface area contributed by atoms with Crippen molar-refractivity contribution in [2.24, 2.45) is 5.10 Å². The lowest BCUT2D eigenvalue weighted by Crippen LogP contribution is -2.24. The number of hydrogen-bond acceptors (Lipinski definition) is 3. The first-order chi connectivity index (χ1) is 11.0. The largest absolute Gasteiger partial charge is 0.272 e. The highest BCUT2D eigenvalue weighted by Crippen LogP contribution is 2.30. The summed E-state index contributed by atoms with van der Waals surface area (Å²) in [5.74, 6) is -1.16. The van der Waals surface area contributed by atoms with Crippen LogP contribution in [0.4, 0.5) is 0 Å². The van der Waals surface area contributed by atoms with Gasteiger partial charge in [-0.1, -0.05) is 47.5 Å². The summed E-state index contributed by atoms with van der Waals surface area (Å²) in [6, 6.07) is 13.9. The molecule has 3 rings (SSSR count). The van der Waals surface area contributed by atoms with E-state index in [4.69, 9.17) is 23.2 Å². The zero-order valence-corrected chi connectivity index (χ0v) is 13.5. The van der Waals surface area contributed by atoms with E-state index in [2.05, 4.69) is 5.10 Å². The van der Waals surface area contributed by atoms with Gasteiger partial charge in [0.25, 0.3) is 11.8 Å². The maximum absolute atomic E-state index is 12.4. The molecule has 2 amide bonds. The van der Waals surface area contributed by atoms with E-state index in [1.54, 1.807) is 48.5 Å². The van der Waals surface area contributed by atoms with Crippen molar-refractivity contribution in [1.82, 2.24) is 5.01 Å². The van der Waals surface area contributed by atoms with Gasteiger partial charge in [0.05, 0.1) is 12.1 Å². The maximum atomic E-state index is 12.4. The molecule has 1 saturated heterocycles. The highest BCUT2D eigenvalue weighted by molar-refractivity contribution is 6.30. The molecule has 1 fully saturated rings. The number of carbonyl (C=O) groups is 2. The molecule has 1 atom stereocenters. The minimum Gasteiger partial charge on any atom is -0.272 e. The minimum atomic E-state index is -0.512. The summed E-state index contributed by atoms with van der Waals surface area (Å²) in [7, 11) is 0. The van der Waals surface area contributed by atoms with Crippen LogP contribution in [-0.2, 0) is 9.59 Å². The quantitative estimate of drug-likeness (QED) is 0.625. The van der Waals surface area contributed by atoms with Crippen LogP contribution in [0.5, 0.6) is 0 Å². The van der Waals surface area contributed by atoms with Gasteiger partial charge in [0.2, 0.25) is 0 Å². The number of carbonyl (C=O) groups excluding carboxylic acids is 2. The summed E-state index contributed by atoms with van der Waals surface area (Å²) in [6.07, 6.45) is 1.58. The summed E-state index contributed by atoms with van der Waals surface area (Å²) in [5, 5.41) is 6.14. The highest BCUT2D eigenvalue weighted by atomic mass is 35.5. The number of hydrazone groups is 1. The van der Waals surface area contributed by atoms with Crippen LogP contribution in [0.1, 0.15) is 23.5 Å². The third-order valence-electron chi connectivity index (χ3n) is 3.59. The van der Waals surface area contributed by atoms with Gasteiger partial charge < -0.3 is 0 Å². The molecular weight excluding hydrogens is 335 g/mol. The number of rotatable bonds is 3. The molecule has 0 radical (unpaired) electrons. The molecular formula is C17H12Cl2N2O2. The van der Waals surface area contributed by atoms with Gasteiger partial charge in [-0.3, -0.25) is 9.59 Å². The summed E-state index contributed by atoms with van der Waals surface area (Å²) in [4.78, 5) is 24.5. The van der Waals surface area contributed by atoms with E-state index in [0.717, 1.165) is 16.1 Å². The second-order valence-corrected chi connectivity index (χ2v) is 6.02. The first kappa shape index (κ1) is 15.7. The molecule has 2 aromatic carbocycles. The predicted octanol–water partition coefficient (Wildman–Crippen LogP) is 3.87. The van der Waals surface area contributed by atoms with Crippen LogP contribution in [0.2, 0.25) is 10.0 Å². The Kier molecular flexibility index (Phi) is 4.46. The van der Waals surface area contributed by atoms with Gasteiger partial charge in [-0.25, -0.2) is 0 Å². The Morgan fingerprint density at radius 1 is 0.957 bits per heavy atom. The van der Waals surface area contributed by atoms with Crippen molar-refractivity contribution in [3.63, 3.8) is 0 Å². The summed E-state index contributed by atoms with van der Waals surface area (Å²) >= 11 is 11.7. The predicted molar refractivity (Wildman–Crippen MR) is 89.7 cm³/mol. The van der Waals surface area contributed by atoms with Crippen LogP contribution < -0.4 is 0 Å². The van der Waals surface area contributed by atoms with E-state index in [-0.39, 0.29) is 18.2 Å². The average molecular weight is 347 g/mol. The van der Waals surface area contributed by atoms with Crippen LogP contribution >= 0.6 is 23.2 Å². The van der Waals surface area contributed by atoms with E-state index < -0.39 is 5.92 Å². The molecule has 23 heavy (non-hydrogen) atoms. The van der Waals surface area contributed by atoms with Gasteiger partial charge in [-0.15, -0.1) is 0 Å². The number of nitrogens with zero attached hydrogens (tertiary/aromatic N) is 2. The van der Waals surface area contributed by atoms with Crippen molar-refractivity contribution in [3.8, 4) is 0 Å². The molecule has 2 aromatic rings. The normalized spacial score (nSPS) is 18.2. The van der Waals surface area contributed by atoms with E-state index in [1.807, 2.05) is 0 Å². The molecule has 0 bridgehead atoms. The number of hydrogen-bond donors (Lipinski definition) is 0. The molecule has 0 saturated carbocycles. The molecule has 0 N–H and O–H groups in total.